The molecule has 0 saturated carbocycles. The van der Waals surface area contributed by atoms with Gasteiger partial charge in [0, 0.05) is 5.56 Å². The average molecular weight is 227 g/mol. The van der Waals surface area contributed by atoms with Gasteiger partial charge >= 0.3 is 5.97 Å². The van der Waals surface area contributed by atoms with E-state index in [4.69, 9.17) is 16.3 Å². The third-order valence-corrected chi connectivity index (χ3v) is 2.99. The minimum atomic E-state index is -0.278. The molecule has 1 unspecified atom stereocenters. The van der Waals surface area contributed by atoms with Crippen LogP contribution in [0.4, 0.5) is 0 Å². The Hall–Kier alpha value is -1.16. The zero-order chi connectivity index (χ0) is 10.8. The fourth-order valence-corrected chi connectivity index (χ4v) is 2.16. The Balaban J connectivity index is 2.42. The molecular formula is C10H11ClN2O2. The van der Waals surface area contributed by atoms with E-state index in [2.05, 4.69) is 9.97 Å². The summed E-state index contributed by atoms with van der Waals surface area (Å²) in [5.41, 5.74) is 1.62. The maximum atomic E-state index is 11.5. The SMILES string of the molecule is COC(=O)C1CCCc2c(Cl)ncnc21. The van der Waals surface area contributed by atoms with Crippen LogP contribution in [0.5, 0.6) is 0 Å². The van der Waals surface area contributed by atoms with Gasteiger partial charge in [0.15, 0.2) is 0 Å². The first-order valence-electron chi connectivity index (χ1n) is 4.81. The van der Waals surface area contributed by atoms with Crippen molar-refractivity contribution in [3.05, 3.63) is 22.7 Å². The molecule has 1 atom stereocenters. The van der Waals surface area contributed by atoms with E-state index in [1.165, 1.54) is 13.4 Å². The van der Waals surface area contributed by atoms with Crippen molar-refractivity contribution in [2.24, 2.45) is 0 Å². The second-order valence-electron chi connectivity index (χ2n) is 3.50. The van der Waals surface area contributed by atoms with Gasteiger partial charge in [-0.25, -0.2) is 9.97 Å². The van der Waals surface area contributed by atoms with E-state index in [9.17, 15) is 4.79 Å². The first-order valence-corrected chi connectivity index (χ1v) is 5.19. The summed E-state index contributed by atoms with van der Waals surface area (Å²) in [6.45, 7) is 0. The average Bonchev–Trinajstić information content (AvgIpc) is 2.28. The monoisotopic (exact) mass is 226 g/mol. The zero-order valence-electron chi connectivity index (χ0n) is 8.36. The topological polar surface area (TPSA) is 52.1 Å². The van der Waals surface area contributed by atoms with Crippen LogP contribution in [0.3, 0.4) is 0 Å². The molecule has 1 aliphatic rings. The highest BCUT2D eigenvalue weighted by atomic mass is 35.5. The van der Waals surface area contributed by atoms with Crippen LogP contribution < -0.4 is 0 Å². The van der Waals surface area contributed by atoms with Crippen LogP contribution in [0.25, 0.3) is 0 Å². The van der Waals surface area contributed by atoms with Gasteiger partial charge in [-0.05, 0) is 19.3 Å². The molecule has 5 heteroatoms. The van der Waals surface area contributed by atoms with Crippen molar-refractivity contribution in [1.82, 2.24) is 9.97 Å². The number of fused-ring (bicyclic) bond motifs is 1. The molecule has 0 saturated heterocycles. The van der Waals surface area contributed by atoms with Crippen LogP contribution in [0.1, 0.15) is 30.0 Å². The van der Waals surface area contributed by atoms with E-state index in [0.29, 0.717) is 5.15 Å². The third kappa shape index (κ3) is 1.81. The van der Waals surface area contributed by atoms with E-state index in [1.807, 2.05) is 0 Å². The van der Waals surface area contributed by atoms with Gasteiger partial charge in [0.1, 0.15) is 11.5 Å². The molecule has 0 radical (unpaired) electrons. The molecule has 1 aromatic heterocycles. The molecule has 0 spiro atoms. The largest absolute Gasteiger partial charge is 0.469 e. The number of carbonyl (C=O) groups excluding carboxylic acids is 1. The van der Waals surface area contributed by atoms with Crippen molar-refractivity contribution in [3.8, 4) is 0 Å². The summed E-state index contributed by atoms with van der Waals surface area (Å²) < 4.78 is 4.74. The van der Waals surface area contributed by atoms with E-state index in [0.717, 1.165) is 30.5 Å². The van der Waals surface area contributed by atoms with Gasteiger partial charge in [-0.1, -0.05) is 11.6 Å². The van der Waals surface area contributed by atoms with E-state index >= 15 is 0 Å². The van der Waals surface area contributed by atoms with Crippen LogP contribution in [0.15, 0.2) is 6.33 Å². The second kappa shape index (κ2) is 4.14. The van der Waals surface area contributed by atoms with Crippen molar-refractivity contribution in [3.63, 3.8) is 0 Å². The molecular weight excluding hydrogens is 216 g/mol. The van der Waals surface area contributed by atoms with Crippen molar-refractivity contribution in [2.75, 3.05) is 7.11 Å². The molecule has 1 aliphatic carbocycles. The maximum Gasteiger partial charge on any atom is 0.314 e. The molecule has 0 amide bonds. The predicted octanol–water partition coefficient (Wildman–Crippen LogP) is 1.72. The molecule has 1 aromatic rings. The highest BCUT2D eigenvalue weighted by molar-refractivity contribution is 6.30. The number of methoxy groups -OCH3 is 1. The number of ether oxygens (including phenoxy) is 1. The maximum absolute atomic E-state index is 11.5. The minimum absolute atomic E-state index is 0.245. The lowest BCUT2D eigenvalue weighted by molar-refractivity contribution is -0.142. The van der Waals surface area contributed by atoms with Crippen molar-refractivity contribution >= 4 is 17.6 Å². The highest BCUT2D eigenvalue weighted by Gasteiger charge is 2.30. The second-order valence-corrected chi connectivity index (χ2v) is 3.85. The van der Waals surface area contributed by atoms with E-state index < -0.39 is 0 Å². The van der Waals surface area contributed by atoms with Crippen LogP contribution in [-0.4, -0.2) is 23.0 Å². The lowest BCUT2D eigenvalue weighted by atomic mass is 9.87. The zero-order valence-corrected chi connectivity index (χ0v) is 9.12. The third-order valence-electron chi connectivity index (χ3n) is 2.66. The summed E-state index contributed by atoms with van der Waals surface area (Å²) in [5, 5.41) is 0.452. The van der Waals surface area contributed by atoms with E-state index in [1.54, 1.807) is 0 Å². The number of carbonyl (C=O) groups is 1. The van der Waals surface area contributed by atoms with Gasteiger partial charge in [-0.15, -0.1) is 0 Å². The van der Waals surface area contributed by atoms with Gasteiger partial charge in [0.05, 0.1) is 18.7 Å². The number of hydrogen-bond donors (Lipinski definition) is 0. The molecule has 2 rings (SSSR count). The molecule has 0 bridgehead atoms. The minimum Gasteiger partial charge on any atom is -0.469 e. The highest BCUT2D eigenvalue weighted by Crippen LogP contribution is 2.33. The van der Waals surface area contributed by atoms with Crippen molar-refractivity contribution in [1.29, 1.82) is 0 Å². The summed E-state index contributed by atoms with van der Waals surface area (Å²) in [6.07, 6.45) is 3.91. The van der Waals surface area contributed by atoms with Crippen LogP contribution in [-0.2, 0) is 16.0 Å². The standard InChI is InChI=1S/C10H11ClN2O2/c1-15-10(14)7-4-2-3-6-8(7)12-5-13-9(6)11/h5,7H,2-4H2,1H3. The molecule has 0 aliphatic heterocycles. The lowest BCUT2D eigenvalue weighted by Gasteiger charge is -2.22. The quantitative estimate of drug-likeness (QED) is 0.541. The summed E-state index contributed by atoms with van der Waals surface area (Å²) in [4.78, 5) is 19.6. The van der Waals surface area contributed by atoms with Crippen molar-refractivity contribution in [2.45, 2.75) is 25.2 Å². The Bertz CT molecular complexity index is 395. The van der Waals surface area contributed by atoms with Crippen molar-refractivity contribution < 1.29 is 9.53 Å². The lowest BCUT2D eigenvalue weighted by Crippen LogP contribution is -2.21. The summed E-state index contributed by atoms with van der Waals surface area (Å²) in [7, 11) is 1.39. The predicted molar refractivity (Wildman–Crippen MR) is 54.7 cm³/mol. The van der Waals surface area contributed by atoms with Gasteiger partial charge in [0.2, 0.25) is 0 Å². The van der Waals surface area contributed by atoms with Gasteiger partial charge in [-0.3, -0.25) is 4.79 Å². The Morgan fingerprint density at radius 2 is 2.40 bits per heavy atom. The van der Waals surface area contributed by atoms with Gasteiger partial charge < -0.3 is 4.74 Å². The normalized spacial score (nSPS) is 19.5. The fourth-order valence-electron chi connectivity index (χ4n) is 1.93. The summed E-state index contributed by atoms with van der Waals surface area (Å²) in [5.74, 6) is -0.523. The molecule has 4 nitrogen and oxygen atoms in total. The number of hydrogen-bond acceptors (Lipinski definition) is 4. The number of nitrogens with zero attached hydrogens (tertiary/aromatic N) is 2. The molecule has 0 aromatic carbocycles. The van der Waals surface area contributed by atoms with Crippen LogP contribution in [0.2, 0.25) is 5.15 Å². The smallest absolute Gasteiger partial charge is 0.314 e. The summed E-state index contributed by atoms with van der Waals surface area (Å²) in [6, 6.07) is 0. The number of halogens is 1. The Morgan fingerprint density at radius 1 is 1.60 bits per heavy atom. The molecule has 1 heterocycles. The van der Waals surface area contributed by atoms with Crippen LogP contribution >= 0.6 is 11.6 Å². The summed E-state index contributed by atoms with van der Waals surface area (Å²) >= 11 is 5.95. The first-order chi connectivity index (χ1) is 7.24. The number of rotatable bonds is 1. The van der Waals surface area contributed by atoms with Gasteiger partial charge in [0.25, 0.3) is 0 Å². The molecule has 0 fully saturated rings. The Kier molecular flexibility index (Phi) is 2.86. The Morgan fingerprint density at radius 3 is 3.13 bits per heavy atom. The first kappa shape index (κ1) is 10.4. The molecule has 80 valence electrons. The van der Waals surface area contributed by atoms with E-state index in [-0.39, 0.29) is 11.9 Å². The molecule has 15 heavy (non-hydrogen) atoms. The number of esters is 1. The Labute approximate surface area is 92.6 Å². The number of aromatic nitrogens is 2. The fraction of sp³-hybridized carbons (Fsp3) is 0.500. The van der Waals surface area contributed by atoms with Crippen LogP contribution in [0, 0.1) is 0 Å². The molecule has 0 N–H and O–H groups in total. The van der Waals surface area contributed by atoms with Gasteiger partial charge in [-0.2, -0.15) is 0 Å².